The number of hydrogen-bond donors (Lipinski definition) is 1. The first-order valence-corrected chi connectivity index (χ1v) is 8.45. The SMILES string of the molecule is Cc1cc(C)c(C#N)c(N2CCC[C@]3(CN(C)CC[C@@H]3O)C2)n1. The van der Waals surface area contributed by atoms with Crippen molar-refractivity contribution < 1.29 is 5.11 Å². The number of nitrogens with zero attached hydrogens (tertiary/aromatic N) is 4. The highest BCUT2D eigenvalue weighted by Gasteiger charge is 2.45. The van der Waals surface area contributed by atoms with E-state index in [1.54, 1.807) is 0 Å². The number of aliphatic hydroxyl groups is 1. The molecule has 1 spiro atoms. The van der Waals surface area contributed by atoms with Crippen molar-refractivity contribution in [3.8, 4) is 6.07 Å². The van der Waals surface area contributed by atoms with Crippen LogP contribution in [-0.4, -0.2) is 54.3 Å². The molecule has 0 unspecified atom stereocenters. The number of nitriles is 1. The fourth-order valence-electron chi connectivity index (χ4n) is 4.30. The molecule has 0 amide bonds. The zero-order valence-electron chi connectivity index (χ0n) is 14.3. The number of hydrogen-bond acceptors (Lipinski definition) is 5. The van der Waals surface area contributed by atoms with Gasteiger partial charge in [0.15, 0.2) is 0 Å². The lowest BCUT2D eigenvalue weighted by Crippen LogP contribution is -2.58. The van der Waals surface area contributed by atoms with Crippen molar-refractivity contribution in [3.05, 3.63) is 22.9 Å². The van der Waals surface area contributed by atoms with Crippen molar-refractivity contribution in [3.63, 3.8) is 0 Å². The first-order chi connectivity index (χ1) is 10.9. The van der Waals surface area contributed by atoms with Gasteiger partial charge in [-0.3, -0.25) is 0 Å². The van der Waals surface area contributed by atoms with E-state index >= 15 is 0 Å². The molecule has 1 aromatic heterocycles. The Morgan fingerprint density at radius 1 is 1.35 bits per heavy atom. The summed E-state index contributed by atoms with van der Waals surface area (Å²) >= 11 is 0. The van der Waals surface area contributed by atoms with E-state index in [0.29, 0.717) is 5.56 Å². The molecule has 124 valence electrons. The summed E-state index contributed by atoms with van der Waals surface area (Å²) in [4.78, 5) is 9.20. The Morgan fingerprint density at radius 2 is 2.13 bits per heavy atom. The van der Waals surface area contributed by atoms with Crippen LogP contribution in [0.1, 0.15) is 36.1 Å². The molecule has 1 aromatic rings. The molecule has 2 aliphatic heterocycles. The van der Waals surface area contributed by atoms with Gasteiger partial charge in [0.1, 0.15) is 11.9 Å². The van der Waals surface area contributed by atoms with Crippen LogP contribution in [0.25, 0.3) is 0 Å². The maximum atomic E-state index is 10.7. The second-order valence-electron chi connectivity index (χ2n) is 7.32. The summed E-state index contributed by atoms with van der Waals surface area (Å²) in [5.74, 6) is 0.796. The molecule has 1 N–H and O–H groups in total. The molecule has 0 saturated carbocycles. The third-order valence-electron chi connectivity index (χ3n) is 5.42. The topological polar surface area (TPSA) is 63.4 Å². The second-order valence-corrected chi connectivity index (χ2v) is 7.32. The van der Waals surface area contributed by atoms with Crippen LogP contribution >= 0.6 is 0 Å². The van der Waals surface area contributed by atoms with E-state index in [2.05, 4.69) is 27.9 Å². The number of aliphatic hydroxyl groups excluding tert-OH is 1. The van der Waals surface area contributed by atoms with Gasteiger partial charge in [-0.25, -0.2) is 4.98 Å². The number of likely N-dealkylation sites (tertiary alicyclic amines) is 1. The number of aryl methyl sites for hydroxylation is 2. The van der Waals surface area contributed by atoms with E-state index in [-0.39, 0.29) is 11.5 Å². The summed E-state index contributed by atoms with van der Waals surface area (Å²) in [6, 6.07) is 4.29. The predicted octanol–water partition coefficient (Wildman–Crippen LogP) is 1.85. The molecular formula is C18H26N4O. The van der Waals surface area contributed by atoms with Gasteiger partial charge >= 0.3 is 0 Å². The van der Waals surface area contributed by atoms with Gasteiger partial charge < -0.3 is 14.9 Å². The van der Waals surface area contributed by atoms with Crippen molar-refractivity contribution in [2.45, 2.75) is 39.2 Å². The minimum atomic E-state index is -0.266. The smallest absolute Gasteiger partial charge is 0.147 e. The fraction of sp³-hybridized carbons (Fsp3) is 0.667. The number of aromatic nitrogens is 1. The zero-order valence-corrected chi connectivity index (χ0v) is 14.3. The molecule has 2 aliphatic rings. The highest BCUT2D eigenvalue weighted by atomic mass is 16.3. The third-order valence-corrected chi connectivity index (χ3v) is 5.42. The molecule has 3 heterocycles. The van der Waals surface area contributed by atoms with Gasteiger partial charge in [-0.1, -0.05) is 0 Å². The van der Waals surface area contributed by atoms with Crippen LogP contribution in [0.3, 0.4) is 0 Å². The lowest BCUT2D eigenvalue weighted by Gasteiger charge is -2.50. The molecule has 2 fully saturated rings. The Hall–Kier alpha value is -1.64. The number of rotatable bonds is 1. The highest BCUT2D eigenvalue weighted by Crippen LogP contribution is 2.40. The standard InChI is InChI=1S/C18H26N4O/c1-13-9-14(2)20-17(15(13)10-19)22-7-4-6-18(12-22)11-21(3)8-5-16(18)23/h9,16,23H,4-8,11-12H2,1-3H3/t16-,18-/m0/s1. The van der Waals surface area contributed by atoms with Gasteiger partial charge in [0.25, 0.3) is 0 Å². The molecule has 5 heteroatoms. The van der Waals surface area contributed by atoms with Gasteiger partial charge in [0, 0.05) is 37.3 Å². The fourth-order valence-corrected chi connectivity index (χ4v) is 4.30. The van der Waals surface area contributed by atoms with E-state index in [1.807, 2.05) is 19.9 Å². The molecule has 2 atom stereocenters. The lowest BCUT2D eigenvalue weighted by molar-refractivity contribution is -0.0466. The van der Waals surface area contributed by atoms with Crippen molar-refractivity contribution in [1.82, 2.24) is 9.88 Å². The predicted molar refractivity (Wildman–Crippen MR) is 90.4 cm³/mol. The lowest BCUT2D eigenvalue weighted by atomic mass is 9.71. The average molecular weight is 314 g/mol. The van der Waals surface area contributed by atoms with Crippen LogP contribution in [-0.2, 0) is 0 Å². The minimum Gasteiger partial charge on any atom is -0.392 e. The average Bonchev–Trinajstić information content (AvgIpc) is 2.51. The molecule has 0 aliphatic carbocycles. The minimum absolute atomic E-state index is 0.0999. The maximum absolute atomic E-state index is 10.7. The number of piperidine rings is 2. The van der Waals surface area contributed by atoms with Crippen LogP contribution in [0.15, 0.2) is 6.07 Å². The van der Waals surface area contributed by atoms with E-state index < -0.39 is 0 Å². The maximum Gasteiger partial charge on any atom is 0.147 e. The summed E-state index contributed by atoms with van der Waals surface area (Å²) in [7, 11) is 2.13. The van der Waals surface area contributed by atoms with E-state index in [4.69, 9.17) is 0 Å². The van der Waals surface area contributed by atoms with Gasteiger partial charge in [0.05, 0.1) is 11.7 Å². The molecular weight excluding hydrogens is 288 g/mol. The van der Waals surface area contributed by atoms with Crippen LogP contribution in [0.4, 0.5) is 5.82 Å². The highest BCUT2D eigenvalue weighted by molar-refractivity contribution is 5.58. The van der Waals surface area contributed by atoms with Gasteiger partial charge in [0.2, 0.25) is 0 Å². The Labute approximate surface area is 138 Å². The monoisotopic (exact) mass is 314 g/mol. The second kappa shape index (κ2) is 6.10. The third kappa shape index (κ3) is 2.93. The van der Waals surface area contributed by atoms with Crippen molar-refractivity contribution >= 4 is 5.82 Å². The zero-order chi connectivity index (χ0) is 16.6. The first-order valence-electron chi connectivity index (χ1n) is 8.45. The number of pyridine rings is 1. The van der Waals surface area contributed by atoms with Crippen molar-refractivity contribution in [1.29, 1.82) is 5.26 Å². The summed E-state index contributed by atoms with van der Waals surface area (Å²) in [6.07, 6.45) is 2.64. The molecule has 23 heavy (non-hydrogen) atoms. The van der Waals surface area contributed by atoms with Crippen LogP contribution in [0.5, 0.6) is 0 Å². The molecule has 2 saturated heterocycles. The first kappa shape index (κ1) is 16.2. The summed E-state index contributed by atoms with van der Waals surface area (Å²) < 4.78 is 0. The van der Waals surface area contributed by atoms with Gasteiger partial charge in [-0.05, 0) is 51.8 Å². The van der Waals surface area contributed by atoms with Crippen LogP contribution in [0.2, 0.25) is 0 Å². The van der Waals surface area contributed by atoms with Crippen LogP contribution < -0.4 is 4.90 Å². The molecule has 0 radical (unpaired) electrons. The molecule has 0 aromatic carbocycles. The van der Waals surface area contributed by atoms with E-state index in [1.165, 1.54) is 0 Å². The van der Waals surface area contributed by atoms with E-state index in [9.17, 15) is 10.4 Å². The van der Waals surface area contributed by atoms with Gasteiger partial charge in [-0.15, -0.1) is 0 Å². The quantitative estimate of drug-likeness (QED) is 0.857. The summed E-state index contributed by atoms with van der Waals surface area (Å²) in [6.45, 7) is 7.50. The largest absolute Gasteiger partial charge is 0.392 e. The Bertz CT molecular complexity index is 639. The molecule has 3 rings (SSSR count). The van der Waals surface area contributed by atoms with Crippen molar-refractivity contribution in [2.24, 2.45) is 5.41 Å². The molecule has 5 nitrogen and oxygen atoms in total. The Kier molecular flexibility index (Phi) is 4.31. The van der Waals surface area contributed by atoms with E-state index in [0.717, 1.165) is 62.5 Å². The van der Waals surface area contributed by atoms with Crippen molar-refractivity contribution in [2.75, 3.05) is 38.1 Å². The summed E-state index contributed by atoms with van der Waals surface area (Å²) in [5, 5.41) is 20.2. The number of anilines is 1. The summed E-state index contributed by atoms with van der Waals surface area (Å²) in [5.41, 5.74) is 2.50. The normalized spacial score (nSPS) is 28.8. The van der Waals surface area contributed by atoms with Gasteiger partial charge in [-0.2, -0.15) is 5.26 Å². The van der Waals surface area contributed by atoms with Crippen LogP contribution in [0, 0.1) is 30.6 Å². The Balaban J connectivity index is 1.94. The molecule has 0 bridgehead atoms. The Morgan fingerprint density at radius 3 is 2.87 bits per heavy atom.